The molecule has 5 nitrogen and oxygen atoms in total. The Morgan fingerprint density at radius 3 is 2.71 bits per heavy atom. The Labute approximate surface area is 118 Å². The van der Waals surface area contributed by atoms with Crippen molar-refractivity contribution in [3.63, 3.8) is 0 Å². The van der Waals surface area contributed by atoms with Gasteiger partial charge in [0.25, 0.3) is 12.0 Å². The lowest BCUT2D eigenvalue weighted by Crippen LogP contribution is -2.17. The van der Waals surface area contributed by atoms with E-state index in [4.69, 9.17) is 4.42 Å². The lowest BCUT2D eigenvalue weighted by atomic mass is 9.97. The van der Waals surface area contributed by atoms with Crippen molar-refractivity contribution in [3.8, 4) is 0 Å². The van der Waals surface area contributed by atoms with Gasteiger partial charge in [0.05, 0.1) is 0 Å². The first-order chi connectivity index (χ1) is 10.0. The van der Waals surface area contributed by atoms with Crippen LogP contribution in [0.5, 0.6) is 0 Å². The van der Waals surface area contributed by atoms with E-state index in [1.54, 1.807) is 0 Å². The molecule has 0 bridgehead atoms. The third kappa shape index (κ3) is 2.72. The molecule has 0 unspecified atom stereocenters. The molecule has 1 fully saturated rings. The van der Waals surface area contributed by atoms with Crippen molar-refractivity contribution in [1.82, 2.24) is 9.97 Å². The van der Waals surface area contributed by atoms with Gasteiger partial charge in [0, 0.05) is 6.07 Å². The van der Waals surface area contributed by atoms with E-state index < -0.39 is 23.4 Å². The van der Waals surface area contributed by atoms with Crippen molar-refractivity contribution in [2.45, 2.75) is 38.5 Å². The maximum absolute atomic E-state index is 12.7. The highest BCUT2D eigenvalue weighted by atomic mass is 19.3. The number of hydrogen-bond acceptors (Lipinski definition) is 4. The van der Waals surface area contributed by atoms with Gasteiger partial charge in [-0.1, -0.05) is 25.7 Å². The first kappa shape index (κ1) is 13.9. The van der Waals surface area contributed by atoms with Crippen LogP contribution in [0.3, 0.4) is 0 Å². The van der Waals surface area contributed by atoms with E-state index in [9.17, 15) is 18.4 Å². The van der Waals surface area contributed by atoms with Gasteiger partial charge in [-0.25, -0.2) is 13.6 Å². The lowest BCUT2D eigenvalue weighted by Gasteiger charge is -2.10. The van der Waals surface area contributed by atoms with Gasteiger partial charge < -0.3 is 9.40 Å². The second-order valence-corrected chi connectivity index (χ2v) is 5.38. The summed E-state index contributed by atoms with van der Waals surface area (Å²) < 4.78 is 30.1. The molecule has 1 saturated carbocycles. The molecule has 0 amide bonds. The summed E-state index contributed by atoms with van der Waals surface area (Å²) in [6.07, 6.45) is 2.00. The average Bonchev–Trinajstić information content (AvgIpc) is 2.90. The number of H-pyrrole nitrogens is 1. The van der Waals surface area contributed by atoms with Crippen LogP contribution in [0.1, 0.15) is 43.5 Å². The minimum Gasteiger partial charge on any atom is -0.403 e. The van der Waals surface area contributed by atoms with Crippen LogP contribution in [0.25, 0.3) is 11.1 Å². The normalized spacial score (nSPS) is 16.1. The van der Waals surface area contributed by atoms with Crippen LogP contribution < -0.4 is 11.2 Å². The molecular weight excluding hydrogens is 282 g/mol. The first-order valence-corrected chi connectivity index (χ1v) is 6.89. The quantitative estimate of drug-likeness (QED) is 0.944. The number of aromatic nitrogens is 2. The molecule has 1 aliphatic carbocycles. The maximum Gasteiger partial charge on any atom is 0.337 e. The summed E-state index contributed by atoms with van der Waals surface area (Å²) >= 11 is 0. The molecule has 0 saturated heterocycles. The number of fused-ring (bicyclic) bond motifs is 1. The van der Waals surface area contributed by atoms with Crippen LogP contribution in [0.2, 0.25) is 0 Å². The Balaban J connectivity index is 2.15. The Bertz CT molecular complexity index is 776. The minimum absolute atomic E-state index is 0.103. The second-order valence-electron chi connectivity index (χ2n) is 5.38. The minimum atomic E-state index is -2.93. The molecule has 3 rings (SSSR count). The molecule has 21 heavy (non-hydrogen) atoms. The molecule has 1 aliphatic rings. The zero-order valence-corrected chi connectivity index (χ0v) is 11.2. The van der Waals surface area contributed by atoms with Crippen LogP contribution in [-0.4, -0.2) is 9.97 Å². The highest BCUT2D eigenvalue weighted by Gasteiger charge is 2.21. The van der Waals surface area contributed by atoms with E-state index in [1.165, 1.54) is 6.07 Å². The molecule has 2 aromatic rings. The number of halogens is 2. The smallest absolute Gasteiger partial charge is 0.337 e. The van der Waals surface area contributed by atoms with Crippen LogP contribution in [0, 0.1) is 5.92 Å². The van der Waals surface area contributed by atoms with Crippen LogP contribution >= 0.6 is 0 Å². The Kier molecular flexibility index (Phi) is 3.57. The molecule has 2 aromatic heterocycles. The standard InChI is InChI=1S/C14H14F2N2O3/c15-11(16)12-17-13(20)10-8(5-7-3-1-2-4-7)6-9(19)21-14(10)18-12/h6-7,11H,1-5H2,(H,17,18,20). The summed E-state index contributed by atoms with van der Waals surface area (Å²) in [5.74, 6) is -0.377. The summed E-state index contributed by atoms with van der Waals surface area (Å²) in [5.41, 5.74) is -1.14. The lowest BCUT2D eigenvalue weighted by molar-refractivity contribution is 0.140. The highest BCUT2D eigenvalue weighted by molar-refractivity contribution is 5.75. The number of nitrogens with zero attached hydrogens (tertiary/aromatic N) is 1. The Hall–Kier alpha value is -2.05. The van der Waals surface area contributed by atoms with Gasteiger partial charge in [0.1, 0.15) is 5.39 Å². The van der Waals surface area contributed by atoms with E-state index in [0.29, 0.717) is 17.9 Å². The van der Waals surface area contributed by atoms with E-state index in [-0.39, 0.29) is 11.1 Å². The van der Waals surface area contributed by atoms with Crippen molar-refractivity contribution in [3.05, 3.63) is 38.2 Å². The molecule has 1 N–H and O–H groups in total. The molecule has 0 aromatic carbocycles. The summed E-state index contributed by atoms with van der Waals surface area (Å²) in [7, 11) is 0. The number of aromatic amines is 1. The Morgan fingerprint density at radius 2 is 2.05 bits per heavy atom. The van der Waals surface area contributed by atoms with E-state index in [2.05, 4.69) is 9.97 Å². The molecular formula is C14H14F2N2O3. The van der Waals surface area contributed by atoms with Gasteiger partial charge in [0.15, 0.2) is 5.82 Å². The van der Waals surface area contributed by atoms with Gasteiger partial charge in [-0.2, -0.15) is 4.98 Å². The van der Waals surface area contributed by atoms with Crippen LogP contribution in [0.15, 0.2) is 20.1 Å². The fourth-order valence-corrected chi connectivity index (χ4v) is 2.96. The van der Waals surface area contributed by atoms with E-state index >= 15 is 0 Å². The van der Waals surface area contributed by atoms with Gasteiger partial charge in [-0.3, -0.25) is 4.79 Å². The van der Waals surface area contributed by atoms with Crippen molar-refractivity contribution in [1.29, 1.82) is 0 Å². The van der Waals surface area contributed by atoms with Crippen molar-refractivity contribution < 1.29 is 13.2 Å². The predicted octanol–water partition coefficient (Wildman–Crippen LogP) is 2.55. The number of hydrogen-bond donors (Lipinski definition) is 1. The van der Waals surface area contributed by atoms with Gasteiger partial charge in [-0.15, -0.1) is 0 Å². The SMILES string of the molecule is O=c1cc(CC2CCCC2)c2c(=O)[nH]c(C(F)F)nc2o1. The van der Waals surface area contributed by atoms with Crippen molar-refractivity contribution in [2.24, 2.45) is 5.92 Å². The zero-order valence-electron chi connectivity index (χ0n) is 11.2. The number of nitrogens with one attached hydrogen (secondary N) is 1. The predicted molar refractivity (Wildman–Crippen MR) is 71.5 cm³/mol. The van der Waals surface area contributed by atoms with Gasteiger partial charge in [-0.05, 0) is 17.9 Å². The summed E-state index contributed by atoms with van der Waals surface area (Å²) in [5, 5.41) is 0.103. The maximum atomic E-state index is 12.7. The first-order valence-electron chi connectivity index (χ1n) is 6.89. The molecule has 112 valence electrons. The van der Waals surface area contributed by atoms with E-state index in [0.717, 1.165) is 25.7 Å². The molecule has 0 spiro atoms. The van der Waals surface area contributed by atoms with Crippen LogP contribution in [0.4, 0.5) is 8.78 Å². The number of alkyl halides is 2. The molecule has 2 heterocycles. The van der Waals surface area contributed by atoms with Gasteiger partial charge in [0.2, 0.25) is 5.71 Å². The average molecular weight is 296 g/mol. The molecule has 0 atom stereocenters. The molecule has 7 heteroatoms. The topological polar surface area (TPSA) is 76.0 Å². The fourth-order valence-electron chi connectivity index (χ4n) is 2.96. The zero-order chi connectivity index (χ0) is 15.0. The second kappa shape index (κ2) is 5.38. The summed E-state index contributed by atoms with van der Waals surface area (Å²) in [4.78, 5) is 29.2. The summed E-state index contributed by atoms with van der Waals surface area (Å²) in [6.45, 7) is 0. The Morgan fingerprint density at radius 1 is 1.33 bits per heavy atom. The third-order valence-electron chi connectivity index (χ3n) is 3.91. The van der Waals surface area contributed by atoms with Crippen molar-refractivity contribution >= 4 is 11.1 Å². The van der Waals surface area contributed by atoms with Crippen LogP contribution in [-0.2, 0) is 6.42 Å². The largest absolute Gasteiger partial charge is 0.403 e. The number of rotatable bonds is 3. The highest BCUT2D eigenvalue weighted by Crippen LogP contribution is 2.29. The molecule has 0 aliphatic heterocycles. The third-order valence-corrected chi connectivity index (χ3v) is 3.91. The van der Waals surface area contributed by atoms with Gasteiger partial charge >= 0.3 is 5.63 Å². The monoisotopic (exact) mass is 296 g/mol. The van der Waals surface area contributed by atoms with Crippen molar-refractivity contribution in [2.75, 3.05) is 0 Å². The van der Waals surface area contributed by atoms with E-state index in [1.807, 2.05) is 0 Å². The summed E-state index contributed by atoms with van der Waals surface area (Å²) in [6, 6.07) is 1.26. The fraction of sp³-hybridized carbons (Fsp3) is 0.500. The molecule has 0 radical (unpaired) electrons.